The number of carbonyl (C=O) groups excluding carboxylic acids is 1. The lowest BCUT2D eigenvalue weighted by Gasteiger charge is -2.25. The third kappa shape index (κ3) is 5.90. The number of aromatic hydroxyl groups is 1. The van der Waals surface area contributed by atoms with E-state index in [1.165, 1.54) is 15.9 Å². The normalized spacial score (nSPS) is 14.9. The first kappa shape index (κ1) is 29.7. The van der Waals surface area contributed by atoms with E-state index in [1.54, 1.807) is 44.2 Å². The highest BCUT2D eigenvalue weighted by Crippen LogP contribution is 2.37. The maximum atomic E-state index is 13.9. The summed E-state index contributed by atoms with van der Waals surface area (Å²) in [5.41, 5.74) is 1.80. The minimum absolute atomic E-state index is 0.0522. The summed E-state index contributed by atoms with van der Waals surface area (Å²) in [6.07, 6.45) is 1.73. The van der Waals surface area contributed by atoms with E-state index in [0.717, 1.165) is 0 Å². The molecule has 0 radical (unpaired) electrons. The van der Waals surface area contributed by atoms with Crippen molar-refractivity contribution in [1.29, 1.82) is 0 Å². The second kappa shape index (κ2) is 12.9. The molecule has 0 saturated carbocycles. The van der Waals surface area contributed by atoms with Crippen LogP contribution in [0.2, 0.25) is 0 Å². The van der Waals surface area contributed by atoms with Gasteiger partial charge in [-0.1, -0.05) is 17.4 Å². The van der Waals surface area contributed by atoms with Crippen LogP contribution < -0.4 is 29.1 Å². The Hall–Kier alpha value is -3.32. The van der Waals surface area contributed by atoms with Crippen LogP contribution in [0.1, 0.15) is 51.8 Å². The summed E-state index contributed by atoms with van der Waals surface area (Å²) in [4.78, 5) is 32.2. The number of hydrogen-bond acceptors (Lipinski definition) is 9. The molecule has 1 aromatic heterocycles. The number of hydrogen-bond donors (Lipinski definition) is 1. The molecule has 1 aliphatic heterocycles. The molecule has 0 spiro atoms. The molecular formula is C29H31IN2O7S. The maximum Gasteiger partial charge on any atom is 0.338 e. The highest BCUT2D eigenvalue weighted by Gasteiger charge is 2.34. The number of thiazole rings is 1. The molecule has 3 aromatic rings. The number of nitrogens with zero attached hydrogens (tertiary/aromatic N) is 2. The van der Waals surface area contributed by atoms with Gasteiger partial charge in [0.15, 0.2) is 27.8 Å². The van der Waals surface area contributed by atoms with Gasteiger partial charge in [-0.2, -0.15) is 0 Å². The molecule has 212 valence electrons. The van der Waals surface area contributed by atoms with Gasteiger partial charge in [0.25, 0.3) is 5.56 Å². The lowest BCUT2D eigenvalue weighted by atomic mass is 9.95. The predicted molar refractivity (Wildman–Crippen MR) is 161 cm³/mol. The zero-order valence-electron chi connectivity index (χ0n) is 22.9. The largest absolute Gasteiger partial charge is 0.504 e. The summed E-state index contributed by atoms with van der Waals surface area (Å²) in [5, 5.41) is 10.3. The monoisotopic (exact) mass is 678 g/mol. The number of benzene rings is 2. The number of ether oxygens (including phenoxy) is 4. The van der Waals surface area contributed by atoms with Crippen molar-refractivity contribution in [2.24, 2.45) is 4.99 Å². The lowest BCUT2D eigenvalue weighted by Crippen LogP contribution is -2.40. The average Bonchev–Trinajstić information content (AvgIpc) is 3.21. The SMILES string of the molecule is CCOC(=O)C1=C(C)N=c2s/c(=C\c3cc(I)c(O)c(OCC)c3)c(=O)n2[C@@H]1c1ccc(OCC)c(OCC)c1. The van der Waals surface area contributed by atoms with E-state index < -0.39 is 12.0 Å². The molecule has 0 amide bonds. The fourth-order valence-corrected chi connectivity index (χ4v) is 6.11. The Kier molecular flexibility index (Phi) is 9.56. The Morgan fingerprint density at radius 2 is 1.70 bits per heavy atom. The first-order valence-electron chi connectivity index (χ1n) is 13.0. The first-order valence-corrected chi connectivity index (χ1v) is 14.9. The van der Waals surface area contributed by atoms with Crippen LogP contribution in [0.4, 0.5) is 0 Å². The molecule has 2 heterocycles. The third-order valence-corrected chi connectivity index (χ3v) is 7.85. The summed E-state index contributed by atoms with van der Waals surface area (Å²) in [7, 11) is 0. The molecule has 1 atom stereocenters. The number of rotatable bonds is 10. The first-order chi connectivity index (χ1) is 19.2. The Bertz CT molecular complexity index is 1640. The van der Waals surface area contributed by atoms with E-state index in [-0.39, 0.29) is 23.5 Å². The van der Waals surface area contributed by atoms with Crippen molar-refractivity contribution in [1.82, 2.24) is 4.57 Å². The molecule has 0 bridgehead atoms. The highest BCUT2D eigenvalue weighted by atomic mass is 127. The Balaban J connectivity index is 1.95. The number of halogens is 1. The maximum absolute atomic E-state index is 13.9. The van der Waals surface area contributed by atoms with Crippen LogP contribution in [0.25, 0.3) is 6.08 Å². The lowest BCUT2D eigenvalue weighted by molar-refractivity contribution is -0.139. The molecule has 11 heteroatoms. The van der Waals surface area contributed by atoms with Gasteiger partial charge >= 0.3 is 5.97 Å². The van der Waals surface area contributed by atoms with E-state index in [9.17, 15) is 14.7 Å². The van der Waals surface area contributed by atoms with E-state index >= 15 is 0 Å². The number of allylic oxidation sites excluding steroid dienone is 1. The number of phenols is 1. The molecule has 2 aromatic carbocycles. The van der Waals surface area contributed by atoms with Crippen LogP contribution in [0, 0.1) is 3.57 Å². The van der Waals surface area contributed by atoms with Crippen molar-refractivity contribution in [2.75, 3.05) is 26.4 Å². The van der Waals surface area contributed by atoms with Gasteiger partial charge in [0.2, 0.25) is 0 Å². The highest BCUT2D eigenvalue weighted by molar-refractivity contribution is 14.1. The zero-order chi connectivity index (χ0) is 29.0. The van der Waals surface area contributed by atoms with E-state index in [4.69, 9.17) is 18.9 Å². The van der Waals surface area contributed by atoms with Crippen molar-refractivity contribution < 1.29 is 28.8 Å². The number of carbonyl (C=O) groups is 1. The van der Waals surface area contributed by atoms with Crippen LogP contribution in [0.15, 0.2) is 51.4 Å². The number of aromatic nitrogens is 1. The van der Waals surface area contributed by atoms with Crippen molar-refractivity contribution in [3.05, 3.63) is 76.0 Å². The summed E-state index contributed by atoms with van der Waals surface area (Å²) in [6, 6.07) is 8.07. The summed E-state index contributed by atoms with van der Waals surface area (Å²) in [6.45, 7) is 10.5. The summed E-state index contributed by atoms with van der Waals surface area (Å²) >= 11 is 3.25. The second-order valence-electron chi connectivity index (χ2n) is 8.66. The van der Waals surface area contributed by atoms with E-state index in [0.29, 0.717) is 66.8 Å². The number of fused-ring (bicyclic) bond motifs is 1. The van der Waals surface area contributed by atoms with Crippen molar-refractivity contribution in [2.45, 2.75) is 40.7 Å². The molecule has 9 nitrogen and oxygen atoms in total. The van der Waals surface area contributed by atoms with Crippen LogP contribution in [-0.2, 0) is 9.53 Å². The molecule has 0 fully saturated rings. The van der Waals surface area contributed by atoms with Crippen molar-refractivity contribution in [3.8, 4) is 23.0 Å². The smallest absolute Gasteiger partial charge is 0.338 e. The fourth-order valence-electron chi connectivity index (χ4n) is 4.44. The summed E-state index contributed by atoms with van der Waals surface area (Å²) < 4.78 is 25.1. The van der Waals surface area contributed by atoms with Gasteiger partial charge in [-0.3, -0.25) is 9.36 Å². The standard InChI is InChI=1S/C29H31IN2O7S/c1-6-36-20-11-10-18(15-21(20)37-7-2)25-24(28(35)39-9-4)16(5)31-29-32(25)27(34)23(40-29)14-17-12-19(30)26(33)22(13-17)38-8-3/h10-15,25,33H,6-9H2,1-5H3/b23-14-/t25-/m1/s1. The van der Waals surface area contributed by atoms with Crippen molar-refractivity contribution >= 4 is 46.0 Å². The Morgan fingerprint density at radius 3 is 2.38 bits per heavy atom. The Labute approximate surface area is 249 Å². The van der Waals surface area contributed by atoms with Crippen LogP contribution in [0.5, 0.6) is 23.0 Å². The second-order valence-corrected chi connectivity index (χ2v) is 10.8. The topological polar surface area (TPSA) is 109 Å². The minimum atomic E-state index is -0.786. The molecule has 1 aliphatic rings. The summed E-state index contributed by atoms with van der Waals surface area (Å²) in [5.74, 6) is 0.945. The van der Waals surface area contributed by atoms with Crippen LogP contribution >= 0.6 is 33.9 Å². The molecule has 0 unspecified atom stereocenters. The average molecular weight is 679 g/mol. The van der Waals surface area contributed by atoms with E-state index in [2.05, 4.69) is 4.99 Å². The van der Waals surface area contributed by atoms with Gasteiger partial charge in [-0.05, 0) is 98.7 Å². The quantitative estimate of drug-likeness (QED) is 0.252. The van der Waals surface area contributed by atoms with Gasteiger partial charge in [-0.15, -0.1) is 0 Å². The predicted octanol–water partition coefficient (Wildman–Crippen LogP) is 4.30. The molecule has 4 rings (SSSR count). The number of esters is 1. The number of phenolic OH excluding ortho intramolecular Hbond substituents is 1. The molecular weight excluding hydrogens is 647 g/mol. The molecule has 0 aliphatic carbocycles. The zero-order valence-corrected chi connectivity index (χ0v) is 25.9. The van der Waals surface area contributed by atoms with Gasteiger partial charge < -0.3 is 24.1 Å². The van der Waals surface area contributed by atoms with Gasteiger partial charge in [-0.25, -0.2) is 9.79 Å². The van der Waals surface area contributed by atoms with Crippen LogP contribution in [-0.4, -0.2) is 42.1 Å². The molecule has 0 saturated heterocycles. The van der Waals surface area contributed by atoms with Gasteiger partial charge in [0.1, 0.15) is 0 Å². The minimum Gasteiger partial charge on any atom is -0.504 e. The molecule has 1 N–H and O–H groups in total. The van der Waals surface area contributed by atoms with Gasteiger partial charge in [0.05, 0.1) is 51.8 Å². The Morgan fingerprint density at radius 1 is 1.02 bits per heavy atom. The fraction of sp³-hybridized carbons (Fsp3) is 0.345. The molecule has 40 heavy (non-hydrogen) atoms. The van der Waals surface area contributed by atoms with E-state index in [1.807, 2.05) is 49.4 Å². The third-order valence-electron chi connectivity index (χ3n) is 6.05. The van der Waals surface area contributed by atoms with Crippen molar-refractivity contribution in [3.63, 3.8) is 0 Å². The van der Waals surface area contributed by atoms with Crippen LogP contribution in [0.3, 0.4) is 0 Å². The van der Waals surface area contributed by atoms with Gasteiger partial charge in [0, 0.05) is 0 Å².